The van der Waals surface area contributed by atoms with Crippen LogP contribution in [0.3, 0.4) is 0 Å². The number of halogens is 1. The summed E-state index contributed by atoms with van der Waals surface area (Å²) in [5.41, 5.74) is 1.99. The van der Waals surface area contributed by atoms with Crippen LogP contribution in [0.4, 0.5) is 5.69 Å². The van der Waals surface area contributed by atoms with Crippen molar-refractivity contribution >= 4 is 40.4 Å². The molecule has 0 saturated carbocycles. The van der Waals surface area contributed by atoms with Crippen molar-refractivity contribution in [3.8, 4) is 5.75 Å². The first-order valence-electron chi connectivity index (χ1n) is 10.9. The summed E-state index contributed by atoms with van der Waals surface area (Å²) in [4.78, 5) is 28.3. The fraction of sp³-hybridized carbons (Fsp3) is 0.280. The van der Waals surface area contributed by atoms with Crippen molar-refractivity contribution in [1.29, 1.82) is 0 Å². The second-order valence-corrected chi connectivity index (χ2v) is 9.22. The molecule has 172 valence electrons. The Kier molecular flexibility index (Phi) is 7.65. The molecule has 8 heteroatoms. The van der Waals surface area contributed by atoms with Crippen molar-refractivity contribution < 1.29 is 14.3 Å². The number of thiophene rings is 1. The molecular weight excluding hydrogens is 458 g/mol. The molecule has 0 radical (unpaired) electrons. The minimum Gasteiger partial charge on any atom is -0.497 e. The quantitative estimate of drug-likeness (QED) is 0.460. The Labute approximate surface area is 202 Å². The molecule has 3 aromatic rings. The highest BCUT2D eigenvalue weighted by Gasteiger charge is 2.24. The number of ether oxygens (including phenoxy) is 1. The van der Waals surface area contributed by atoms with Crippen molar-refractivity contribution in [3.05, 3.63) is 81.0 Å². The lowest BCUT2D eigenvalue weighted by atomic mass is 10.0. The predicted octanol–water partition coefficient (Wildman–Crippen LogP) is 5.23. The number of anilines is 1. The van der Waals surface area contributed by atoms with Crippen LogP contribution in [0.1, 0.15) is 44.5 Å². The number of methoxy groups -OCH3 is 1. The fourth-order valence-electron chi connectivity index (χ4n) is 3.98. The highest BCUT2D eigenvalue weighted by Crippen LogP contribution is 2.27. The van der Waals surface area contributed by atoms with Crippen LogP contribution >= 0.6 is 22.9 Å². The van der Waals surface area contributed by atoms with E-state index in [-0.39, 0.29) is 17.9 Å². The number of nitrogens with zero attached hydrogens (tertiary/aromatic N) is 1. The first kappa shape index (κ1) is 23.3. The standard InChI is InChI=1S/C25H26ClN3O3S/c1-32-19-9-6-17(7-10-19)22(29-12-2-3-13-29)16-27-24(30)18-8-11-20(26)21(15-18)28-25(31)23-5-4-14-33-23/h4-11,14-15,22H,2-3,12-13,16H2,1H3,(H,27,30)(H,28,31)/t22-/m1/s1. The molecule has 1 aromatic heterocycles. The van der Waals surface area contributed by atoms with Gasteiger partial charge in [-0.1, -0.05) is 29.8 Å². The normalized spacial score (nSPS) is 14.6. The van der Waals surface area contributed by atoms with Gasteiger partial charge in [-0.3, -0.25) is 14.5 Å². The summed E-state index contributed by atoms with van der Waals surface area (Å²) in [6, 6.07) is 16.5. The summed E-state index contributed by atoms with van der Waals surface area (Å²) in [7, 11) is 1.65. The number of amides is 2. The minimum atomic E-state index is -0.252. The number of hydrogen-bond acceptors (Lipinski definition) is 5. The summed E-state index contributed by atoms with van der Waals surface area (Å²) in [5.74, 6) is 0.343. The van der Waals surface area contributed by atoms with E-state index in [9.17, 15) is 9.59 Å². The SMILES string of the molecule is COc1ccc([C@@H](CNC(=O)c2ccc(Cl)c(NC(=O)c3cccs3)c2)N2CCCC2)cc1. The van der Waals surface area contributed by atoms with Gasteiger partial charge in [0.15, 0.2) is 0 Å². The van der Waals surface area contributed by atoms with E-state index in [1.165, 1.54) is 11.3 Å². The second-order valence-electron chi connectivity index (χ2n) is 7.87. The van der Waals surface area contributed by atoms with Gasteiger partial charge in [-0.2, -0.15) is 0 Å². The topological polar surface area (TPSA) is 70.7 Å². The number of carbonyl (C=O) groups is 2. The Morgan fingerprint density at radius 3 is 2.52 bits per heavy atom. The molecule has 33 heavy (non-hydrogen) atoms. The van der Waals surface area contributed by atoms with E-state index in [4.69, 9.17) is 16.3 Å². The Morgan fingerprint density at radius 1 is 1.09 bits per heavy atom. The van der Waals surface area contributed by atoms with Crippen molar-refractivity contribution in [2.75, 3.05) is 32.1 Å². The van der Waals surface area contributed by atoms with E-state index in [0.29, 0.717) is 27.7 Å². The third kappa shape index (κ3) is 5.74. The molecule has 1 aliphatic rings. The average Bonchev–Trinajstić information content (AvgIpc) is 3.56. The molecule has 0 bridgehead atoms. The average molecular weight is 484 g/mol. The Balaban J connectivity index is 1.46. The Hall–Kier alpha value is -2.87. The number of hydrogen-bond donors (Lipinski definition) is 2. The van der Waals surface area contributed by atoms with Gasteiger partial charge in [-0.15, -0.1) is 11.3 Å². The van der Waals surface area contributed by atoms with Crippen molar-refractivity contribution in [1.82, 2.24) is 10.2 Å². The maximum Gasteiger partial charge on any atom is 0.265 e. The number of likely N-dealkylation sites (tertiary alicyclic amines) is 1. The van der Waals surface area contributed by atoms with Crippen LogP contribution < -0.4 is 15.4 Å². The third-order valence-corrected chi connectivity index (χ3v) is 6.96. The molecule has 0 unspecified atom stereocenters. The van der Waals surface area contributed by atoms with E-state index in [2.05, 4.69) is 27.7 Å². The van der Waals surface area contributed by atoms with Gasteiger partial charge >= 0.3 is 0 Å². The number of benzene rings is 2. The number of carbonyl (C=O) groups excluding carboxylic acids is 2. The molecule has 1 aliphatic heterocycles. The van der Waals surface area contributed by atoms with Crippen molar-refractivity contribution in [3.63, 3.8) is 0 Å². The maximum absolute atomic E-state index is 13.0. The fourth-order valence-corrected chi connectivity index (χ4v) is 4.77. The summed E-state index contributed by atoms with van der Waals surface area (Å²) in [6.45, 7) is 2.49. The molecular formula is C25H26ClN3O3S. The predicted molar refractivity (Wildman–Crippen MR) is 133 cm³/mol. The number of rotatable bonds is 8. The second kappa shape index (κ2) is 10.8. The molecule has 1 fully saturated rings. The van der Waals surface area contributed by atoms with Gasteiger partial charge in [-0.25, -0.2) is 0 Å². The van der Waals surface area contributed by atoms with E-state index in [1.807, 2.05) is 23.6 Å². The highest BCUT2D eigenvalue weighted by molar-refractivity contribution is 7.12. The molecule has 0 spiro atoms. The van der Waals surface area contributed by atoms with Crippen LogP contribution in [0.5, 0.6) is 5.75 Å². The van der Waals surface area contributed by atoms with Gasteiger partial charge in [0.1, 0.15) is 5.75 Å². The van der Waals surface area contributed by atoms with Crippen LogP contribution in [0, 0.1) is 0 Å². The third-order valence-electron chi connectivity index (χ3n) is 5.76. The van der Waals surface area contributed by atoms with Crippen LogP contribution in [-0.2, 0) is 0 Å². The summed E-state index contributed by atoms with van der Waals surface area (Å²) < 4.78 is 5.28. The monoisotopic (exact) mass is 483 g/mol. The van der Waals surface area contributed by atoms with Crippen molar-refractivity contribution in [2.24, 2.45) is 0 Å². The molecule has 1 saturated heterocycles. The van der Waals surface area contributed by atoms with E-state index in [1.54, 1.807) is 31.4 Å². The van der Waals surface area contributed by atoms with Crippen molar-refractivity contribution in [2.45, 2.75) is 18.9 Å². The maximum atomic E-state index is 13.0. The molecule has 1 atom stereocenters. The lowest BCUT2D eigenvalue weighted by Gasteiger charge is -2.28. The van der Waals surface area contributed by atoms with Crippen LogP contribution in [-0.4, -0.2) is 43.5 Å². The molecule has 0 aliphatic carbocycles. The number of nitrogens with one attached hydrogen (secondary N) is 2. The first-order chi connectivity index (χ1) is 16.0. The van der Waals surface area contributed by atoms with Crippen LogP contribution in [0.2, 0.25) is 5.02 Å². The van der Waals surface area contributed by atoms with E-state index >= 15 is 0 Å². The smallest absolute Gasteiger partial charge is 0.265 e. The Morgan fingerprint density at radius 2 is 1.85 bits per heavy atom. The molecule has 2 aromatic carbocycles. The summed E-state index contributed by atoms with van der Waals surface area (Å²) in [5, 5.41) is 8.07. The van der Waals surface area contributed by atoms with Crippen LogP contribution in [0.25, 0.3) is 0 Å². The van der Waals surface area contributed by atoms with Gasteiger partial charge in [0.05, 0.1) is 28.7 Å². The summed E-state index contributed by atoms with van der Waals surface area (Å²) in [6.07, 6.45) is 2.32. The first-order valence-corrected chi connectivity index (χ1v) is 12.1. The zero-order valence-corrected chi connectivity index (χ0v) is 19.9. The van der Waals surface area contributed by atoms with E-state index < -0.39 is 0 Å². The molecule has 6 nitrogen and oxygen atoms in total. The van der Waals surface area contributed by atoms with Gasteiger partial charge < -0.3 is 15.4 Å². The van der Waals surface area contributed by atoms with E-state index in [0.717, 1.165) is 37.2 Å². The van der Waals surface area contributed by atoms with Gasteiger partial charge in [0.2, 0.25) is 0 Å². The van der Waals surface area contributed by atoms with Gasteiger partial charge in [0, 0.05) is 12.1 Å². The van der Waals surface area contributed by atoms with Gasteiger partial charge in [0.25, 0.3) is 11.8 Å². The molecule has 2 heterocycles. The lowest BCUT2D eigenvalue weighted by Crippen LogP contribution is -2.36. The zero-order chi connectivity index (χ0) is 23.2. The largest absolute Gasteiger partial charge is 0.497 e. The van der Waals surface area contributed by atoms with Gasteiger partial charge in [-0.05, 0) is 73.3 Å². The minimum absolute atomic E-state index is 0.0765. The zero-order valence-electron chi connectivity index (χ0n) is 18.3. The molecule has 2 N–H and O–H groups in total. The molecule has 2 amide bonds. The highest BCUT2D eigenvalue weighted by atomic mass is 35.5. The Bertz CT molecular complexity index is 1100. The van der Waals surface area contributed by atoms with Crippen LogP contribution in [0.15, 0.2) is 60.0 Å². The summed E-state index contributed by atoms with van der Waals surface area (Å²) >= 11 is 7.61. The molecule has 4 rings (SSSR count). The lowest BCUT2D eigenvalue weighted by molar-refractivity contribution is 0.0936.